The second kappa shape index (κ2) is 10.1. The van der Waals surface area contributed by atoms with Crippen LogP contribution < -0.4 is 10.2 Å². The average molecular weight is 380 g/mol. The highest BCUT2D eigenvalue weighted by Crippen LogP contribution is 2.27. The van der Waals surface area contributed by atoms with E-state index in [-0.39, 0.29) is 18.4 Å². The van der Waals surface area contributed by atoms with Crippen LogP contribution in [0.25, 0.3) is 0 Å². The van der Waals surface area contributed by atoms with Gasteiger partial charge in [0.1, 0.15) is 6.42 Å². The molecule has 0 bridgehead atoms. The number of anilines is 1. The fourth-order valence-electron chi connectivity index (χ4n) is 4.29. The molecule has 3 rings (SSSR count). The van der Waals surface area contributed by atoms with Crippen LogP contribution in [0.15, 0.2) is 24.3 Å². The van der Waals surface area contributed by atoms with E-state index in [2.05, 4.69) is 21.2 Å². The number of rotatable bonds is 6. The van der Waals surface area contributed by atoms with Gasteiger partial charge in [0.05, 0.1) is 17.7 Å². The van der Waals surface area contributed by atoms with Crippen LogP contribution in [-0.2, 0) is 4.79 Å². The number of carbonyl (C=O) groups is 1. The van der Waals surface area contributed by atoms with E-state index >= 15 is 0 Å². The van der Waals surface area contributed by atoms with Gasteiger partial charge in [-0.3, -0.25) is 9.69 Å². The number of nitriles is 2. The zero-order valence-corrected chi connectivity index (χ0v) is 16.4. The summed E-state index contributed by atoms with van der Waals surface area (Å²) in [6.45, 7) is 5.38. The van der Waals surface area contributed by atoms with E-state index in [1.807, 2.05) is 30.3 Å². The van der Waals surface area contributed by atoms with Crippen LogP contribution >= 0.6 is 0 Å². The summed E-state index contributed by atoms with van der Waals surface area (Å²) in [5, 5.41) is 20.5. The standard InChI is InChI=1S/C22H29N5O/c23-11-9-22(28)25-20-5-1-18(2-6-20)10-12-26-13-15-27(16-14-26)21-7-3-19(17-24)4-8-21/h3-4,7-8,18,20H,1-2,5-6,9-10,12-16H2,(H,25,28)/t18-,20-. The first-order valence-corrected chi connectivity index (χ1v) is 10.3. The second-order valence-electron chi connectivity index (χ2n) is 7.90. The van der Waals surface area contributed by atoms with E-state index in [1.54, 1.807) is 0 Å². The molecule has 2 aliphatic rings. The van der Waals surface area contributed by atoms with E-state index < -0.39 is 0 Å². The first-order valence-electron chi connectivity index (χ1n) is 10.3. The van der Waals surface area contributed by atoms with Gasteiger partial charge in [0, 0.05) is 37.9 Å². The number of amides is 1. The largest absolute Gasteiger partial charge is 0.369 e. The highest BCUT2D eigenvalue weighted by atomic mass is 16.1. The van der Waals surface area contributed by atoms with Gasteiger partial charge in [-0.2, -0.15) is 10.5 Å². The molecule has 1 saturated heterocycles. The first-order chi connectivity index (χ1) is 13.7. The minimum Gasteiger partial charge on any atom is -0.369 e. The van der Waals surface area contributed by atoms with Gasteiger partial charge in [-0.15, -0.1) is 0 Å². The van der Waals surface area contributed by atoms with Gasteiger partial charge in [-0.05, 0) is 68.8 Å². The lowest BCUT2D eigenvalue weighted by molar-refractivity contribution is -0.121. The van der Waals surface area contributed by atoms with Crippen LogP contribution in [0.2, 0.25) is 0 Å². The topological polar surface area (TPSA) is 83.2 Å². The highest BCUT2D eigenvalue weighted by Gasteiger charge is 2.24. The predicted molar refractivity (Wildman–Crippen MR) is 109 cm³/mol. The van der Waals surface area contributed by atoms with Gasteiger partial charge < -0.3 is 10.2 Å². The van der Waals surface area contributed by atoms with Crippen LogP contribution in [-0.4, -0.2) is 49.6 Å². The van der Waals surface area contributed by atoms with Gasteiger partial charge in [0.25, 0.3) is 0 Å². The molecule has 0 spiro atoms. The van der Waals surface area contributed by atoms with E-state index in [9.17, 15) is 4.79 Å². The summed E-state index contributed by atoms with van der Waals surface area (Å²) in [4.78, 5) is 16.5. The molecule has 1 aliphatic carbocycles. The van der Waals surface area contributed by atoms with Gasteiger partial charge in [-0.25, -0.2) is 0 Å². The van der Waals surface area contributed by atoms with Crippen molar-refractivity contribution >= 4 is 11.6 Å². The molecular weight excluding hydrogens is 350 g/mol. The second-order valence-corrected chi connectivity index (χ2v) is 7.90. The minimum absolute atomic E-state index is 0.0334. The Morgan fingerprint density at radius 2 is 1.71 bits per heavy atom. The Morgan fingerprint density at radius 1 is 1.04 bits per heavy atom. The van der Waals surface area contributed by atoms with Crippen LogP contribution in [0.1, 0.15) is 44.1 Å². The van der Waals surface area contributed by atoms with Crippen molar-refractivity contribution in [2.75, 3.05) is 37.6 Å². The Labute approximate surface area is 167 Å². The van der Waals surface area contributed by atoms with Crippen LogP contribution in [0.5, 0.6) is 0 Å². The third-order valence-electron chi connectivity index (χ3n) is 6.04. The molecular formula is C22H29N5O. The Kier molecular flexibility index (Phi) is 7.28. The summed E-state index contributed by atoms with van der Waals surface area (Å²) in [5.74, 6) is 0.617. The Balaban J connectivity index is 1.33. The number of nitrogens with one attached hydrogen (secondary N) is 1. The summed E-state index contributed by atoms with van der Waals surface area (Å²) < 4.78 is 0. The number of benzene rings is 1. The van der Waals surface area contributed by atoms with Gasteiger partial charge in [0.15, 0.2) is 0 Å². The number of nitrogens with zero attached hydrogens (tertiary/aromatic N) is 4. The summed E-state index contributed by atoms with van der Waals surface area (Å²) in [5.41, 5.74) is 1.91. The van der Waals surface area contributed by atoms with Crippen molar-refractivity contribution in [2.24, 2.45) is 5.92 Å². The molecule has 2 fully saturated rings. The molecule has 1 amide bonds. The van der Waals surface area contributed by atoms with Crippen molar-refractivity contribution in [1.82, 2.24) is 10.2 Å². The molecule has 148 valence electrons. The smallest absolute Gasteiger partial charge is 0.234 e. The lowest BCUT2D eigenvalue weighted by Crippen LogP contribution is -2.47. The van der Waals surface area contributed by atoms with Crippen LogP contribution in [0.4, 0.5) is 5.69 Å². The van der Waals surface area contributed by atoms with Crippen molar-refractivity contribution < 1.29 is 4.79 Å². The summed E-state index contributed by atoms with van der Waals surface area (Å²) in [7, 11) is 0. The molecule has 0 radical (unpaired) electrons. The zero-order valence-electron chi connectivity index (χ0n) is 16.4. The van der Waals surface area contributed by atoms with Crippen LogP contribution in [0, 0.1) is 28.6 Å². The average Bonchev–Trinajstić information content (AvgIpc) is 2.74. The van der Waals surface area contributed by atoms with Crippen molar-refractivity contribution in [3.8, 4) is 12.1 Å². The molecule has 1 aromatic carbocycles. The summed E-state index contributed by atoms with van der Waals surface area (Å²) in [6, 6.07) is 12.2. The zero-order chi connectivity index (χ0) is 19.8. The Morgan fingerprint density at radius 3 is 2.32 bits per heavy atom. The van der Waals surface area contributed by atoms with Gasteiger partial charge in [-0.1, -0.05) is 0 Å². The van der Waals surface area contributed by atoms with Gasteiger partial charge >= 0.3 is 0 Å². The van der Waals surface area contributed by atoms with Crippen molar-refractivity contribution in [1.29, 1.82) is 10.5 Å². The summed E-state index contributed by atoms with van der Waals surface area (Å²) >= 11 is 0. The van der Waals surface area contributed by atoms with Crippen LogP contribution in [0.3, 0.4) is 0 Å². The van der Waals surface area contributed by atoms with E-state index in [1.165, 1.54) is 24.9 Å². The lowest BCUT2D eigenvalue weighted by atomic mass is 9.84. The molecule has 0 unspecified atom stereocenters. The first kappa shape index (κ1) is 20.2. The Bertz CT molecular complexity index is 717. The molecule has 28 heavy (non-hydrogen) atoms. The lowest BCUT2D eigenvalue weighted by Gasteiger charge is -2.37. The maximum absolute atomic E-state index is 11.5. The van der Waals surface area contributed by atoms with E-state index in [0.717, 1.165) is 51.5 Å². The molecule has 6 nitrogen and oxygen atoms in total. The summed E-state index contributed by atoms with van der Waals surface area (Å²) in [6.07, 6.45) is 5.61. The van der Waals surface area contributed by atoms with Crippen molar-refractivity contribution in [2.45, 2.75) is 44.6 Å². The molecule has 1 aliphatic heterocycles. The molecule has 0 atom stereocenters. The van der Waals surface area contributed by atoms with E-state index in [4.69, 9.17) is 10.5 Å². The normalized spacial score (nSPS) is 22.9. The maximum atomic E-state index is 11.5. The van der Waals surface area contributed by atoms with Crippen molar-refractivity contribution in [3.63, 3.8) is 0 Å². The molecule has 6 heteroatoms. The van der Waals surface area contributed by atoms with E-state index in [0.29, 0.717) is 5.56 Å². The quantitative estimate of drug-likeness (QED) is 0.821. The molecule has 1 saturated carbocycles. The molecule has 0 aromatic heterocycles. The minimum atomic E-state index is -0.133. The number of piperazine rings is 1. The fraction of sp³-hybridized carbons (Fsp3) is 0.591. The molecule has 1 N–H and O–H groups in total. The fourth-order valence-corrected chi connectivity index (χ4v) is 4.29. The molecule has 1 aromatic rings. The number of carbonyl (C=O) groups excluding carboxylic acids is 1. The Hall–Kier alpha value is -2.57. The maximum Gasteiger partial charge on any atom is 0.234 e. The SMILES string of the molecule is N#CCC(=O)N[C@H]1CC[C@H](CCN2CCN(c3ccc(C#N)cc3)CC2)CC1. The predicted octanol–water partition coefficient (Wildman–Crippen LogP) is 2.66. The number of hydrogen-bond acceptors (Lipinski definition) is 5. The molecule has 1 heterocycles. The third-order valence-corrected chi connectivity index (χ3v) is 6.04. The van der Waals surface area contributed by atoms with Crippen molar-refractivity contribution in [3.05, 3.63) is 29.8 Å². The monoisotopic (exact) mass is 379 g/mol. The highest BCUT2D eigenvalue weighted by molar-refractivity contribution is 5.78. The third kappa shape index (κ3) is 5.71. The van der Waals surface area contributed by atoms with Gasteiger partial charge in [0.2, 0.25) is 5.91 Å². The number of hydrogen-bond donors (Lipinski definition) is 1.